The first-order valence-electron chi connectivity index (χ1n) is 5.61. The normalized spacial score (nSPS) is 17.3. The molecule has 0 atom stereocenters. The first kappa shape index (κ1) is 12.2. The Bertz CT molecular complexity index is 228. The molecule has 0 aromatic carbocycles. The van der Waals surface area contributed by atoms with Gasteiger partial charge in [0.05, 0.1) is 13.0 Å². The molecule has 0 aromatic heterocycles. The van der Waals surface area contributed by atoms with Gasteiger partial charge in [0.15, 0.2) is 0 Å². The molecular formula is C11H19NO3. The van der Waals surface area contributed by atoms with Gasteiger partial charge in [0.25, 0.3) is 0 Å². The largest absolute Gasteiger partial charge is 0.380 e. The number of amides is 1. The van der Waals surface area contributed by atoms with Crippen molar-refractivity contribution in [3.05, 3.63) is 0 Å². The summed E-state index contributed by atoms with van der Waals surface area (Å²) in [6, 6.07) is 0. The van der Waals surface area contributed by atoms with E-state index in [9.17, 15) is 9.59 Å². The Kier molecular flexibility index (Phi) is 5.32. The predicted octanol–water partition coefficient (Wildman–Crippen LogP) is 0.995. The van der Waals surface area contributed by atoms with Crippen LogP contribution < -0.4 is 0 Å². The lowest BCUT2D eigenvalue weighted by Crippen LogP contribution is -2.40. The number of carbonyl (C=O) groups excluding carboxylic acids is 2. The fourth-order valence-electron chi connectivity index (χ4n) is 1.51. The molecule has 0 unspecified atom stereocenters. The summed E-state index contributed by atoms with van der Waals surface area (Å²) in [6.45, 7) is 4.64. The topological polar surface area (TPSA) is 46.6 Å². The van der Waals surface area contributed by atoms with Crippen molar-refractivity contribution < 1.29 is 14.3 Å². The van der Waals surface area contributed by atoms with Gasteiger partial charge in [-0.2, -0.15) is 0 Å². The first-order valence-corrected chi connectivity index (χ1v) is 5.61. The van der Waals surface area contributed by atoms with E-state index in [1.807, 2.05) is 0 Å². The van der Waals surface area contributed by atoms with Crippen LogP contribution in [0.3, 0.4) is 0 Å². The maximum absolute atomic E-state index is 11.4. The number of Topliss-reactive ketones (excluding diaryl/α,β-unsaturated/α-hetero) is 1. The van der Waals surface area contributed by atoms with Gasteiger partial charge in [-0.3, -0.25) is 9.59 Å². The van der Waals surface area contributed by atoms with Gasteiger partial charge in [-0.1, -0.05) is 13.3 Å². The summed E-state index contributed by atoms with van der Waals surface area (Å²) in [6.07, 6.45) is 2.76. The quantitative estimate of drug-likeness (QED) is 0.488. The number of ketones is 1. The third kappa shape index (κ3) is 4.42. The van der Waals surface area contributed by atoms with Crippen molar-refractivity contribution in [1.82, 2.24) is 4.90 Å². The second-order valence-corrected chi connectivity index (χ2v) is 3.81. The summed E-state index contributed by atoms with van der Waals surface area (Å²) in [5, 5.41) is 0. The van der Waals surface area contributed by atoms with Crippen molar-refractivity contribution >= 4 is 11.7 Å². The van der Waals surface area contributed by atoms with E-state index in [1.165, 1.54) is 0 Å². The maximum atomic E-state index is 11.4. The number of piperidine rings is 1. The molecule has 1 fully saturated rings. The zero-order chi connectivity index (χ0) is 11.1. The average Bonchev–Trinajstić information content (AvgIpc) is 2.20. The first-order chi connectivity index (χ1) is 7.24. The molecule has 0 bridgehead atoms. The minimum atomic E-state index is -0.0506. The van der Waals surface area contributed by atoms with E-state index >= 15 is 0 Å². The number of hydrogen-bond acceptors (Lipinski definition) is 3. The molecule has 0 aromatic rings. The van der Waals surface area contributed by atoms with Gasteiger partial charge >= 0.3 is 0 Å². The molecule has 0 spiro atoms. The van der Waals surface area contributed by atoms with E-state index in [-0.39, 0.29) is 18.1 Å². The number of rotatable bonds is 6. The smallest absolute Gasteiger partial charge is 0.230 e. The molecule has 0 aliphatic carbocycles. The molecule has 4 heteroatoms. The van der Waals surface area contributed by atoms with Gasteiger partial charge in [-0.25, -0.2) is 0 Å². The summed E-state index contributed by atoms with van der Waals surface area (Å²) in [7, 11) is 0. The third-order valence-electron chi connectivity index (χ3n) is 2.51. The van der Waals surface area contributed by atoms with E-state index in [1.54, 1.807) is 4.90 Å². The fraction of sp³-hybridized carbons (Fsp3) is 0.818. The monoisotopic (exact) mass is 213 g/mol. The van der Waals surface area contributed by atoms with Gasteiger partial charge < -0.3 is 9.64 Å². The number of ether oxygens (including phenoxy) is 1. The Morgan fingerprint density at radius 2 is 2.13 bits per heavy atom. The lowest BCUT2D eigenvalue weighted by molar-refractivity contribution is -0.140. The summed E-state index contributed by atoms with van der Waals surface area (Å²) in [5.74, 6) is 0.00786. The maximum Gasteiger partial charge on any atom is 0.230 e. The van der Waals surface area contributed by atoms with E-state index in [0.29, 0.717) is 26.1 Å². The van der Waals surface area contributed by atoms with Crippen LogP contribution >= 0.6 is 0 Å². The van der Waals surface area contributed by atoms with Crippen LogP contribution in [0.25, 0.3) is 0 Å². The Hall–Kier alpha value is -0.900. The van der Waals surface area contributed by atoms with Crippen LogP contribution in [0.15, 0.2) is 0 Å². The predicted molar refractivity (Wildman–Crippen MR) is 56.5 cm³/mol. The minimum absolute atomic E-state index is 0.0506. The zero-order valence-electron chi connectivity index (χ0n) is 9.33. The van der Waals surface area contributed by atoms with Gasteiger partial charge in [0.1, 0.15) is 5.78 Å². The average molecular weight is 213 g/mol. The Morgan fingerprint density at radius 1 is 1.33 bits per heavy atom. The molecule has 0 saturated carbocycles. The van der Waals surface area contributed by atoms with Gasteiger partial charge in [-0.15, -0.1) is 0 Å². The highest BCUT2D eigenvalue weighted by molar-refractivity contribution is 6.00. The van der Waals surface area contributed by atoms with Gasteiger partial charge in [0.2, 0.25) is 5.91 Å². The number of carbonyl (C=O) groups is 2. The Morgan fingerprint density at radius 3 is 2.80 bits per heavy atom. The summed E-state index contributed by atoms with van der Waals surface area (Å²) in [4.78, 5) is 24.0. The Balaban J connectivity index is 2.10. The molecule has 15 heavy (non-hydrogen) atoms. The minimum Gasteiger partial charge on any atom is -0.380 e. The van der Waals surface area contributed by atoms with Crippen molar-refractivity contribution in [3.8, 4) is 0 Å². The van der Waals surface area contributed by atoms with Crippen LogP contribution in [0.2, 0.25) is 0 Å². The molecule has 1 heterocycles. The molecule has 1 aliphatic heterocycles. The zero-order valence-corrected chi connectivity index (χ0v) is 9.33. The second-order valence-electron chi connectivity index (χ2n) is 3.81. The van der Waals surface area contributed by atoms with E-state index in [2.05, 4.69) is 6.92 Å². The Labute approximate surface area is 90.6 Å². The van der Waals surface area contributed by atoms with Crippen LogP contribution in [0.5, 0.6) is 0 Å². The molecule has 1 aliphatic rings. The molecule has 86 valence electrons. The molecule has 4 nitrogen and oxygen atoms in total. The molecule has 1 saturated heterocycles. The number of likely N-dealkylation sites (tertiary alicyclic amines) is 1. The van der Waals surface area contributed by atoms with Crippen molar-refractivity contribution in [2.45, 2.75) is 32.6 Å². The van der Waals surface area contributed by atoms with Crippen LogP contribution in [-0.4, -0.2) is 42.9 Å². The number of hydrogen-bond donors (Lipinski definition) is 0. The highest BCUT2D eigenvalue weighted by Gasteiger charge is 2.22. The van der Waals surface area contributed by atoms with Crippen LogP contribution in [0, 0.1) is 0 Å². The summed E-state index contributed by atoms with van der Waals surface area (Å²) < 4.78 is 5.37. The summed E-state index contributed by atoms with van der Waals surface area (Å²) in [5.41, 5.74) is 0. The molecule has 0 radical (unpaired) electrons. The SMILES string of the molecule is CCCCOCCN1CCC(=O)CC1=O. The fourth-order valence-corrected chi connectivity index (χ4v) is 1.51. The third-order valence-corrected chi connectivity index (χ3v) is 2.51. The molecule has 1 rings (SSSR count). The highest BCUT2D eigenvalue weighted by Crippen LogP contribution is 2.06. The lowest BCUT2D eigenvalue weighted by atomic mass is 10.1. The molecular weight excluding hydrogens is 194 g/mol. The highest BCUT2D eigenvalue weighted by atomic mass is 16.5. The van der Waals surface area contributed by atoms with E-state index in [0.717, 1.165) is 19.4 Å². The second kappa shape index (κ2) is 6.56. The van der Waals surface area contributed by atoms with Crippen molar-refractivity contribution in [2.24, 2.45) is 0 Å². The van der Waals surface area contributed by atoms with Crippen LogP contribution in [0.1, 0.15) is 32.6 Å². The van der Waals surface area contributed by atoms with E-state index < -0.39 is 0 Å². The van der Waals surface area contributed by atoms with Crippen molar-refractivity contribution in [1.29, 1.82) is 0 Å². The standard InChI is InChI=1S/C11H19NO3/c1-2-3-7-15-8-6-12-5-4-10(13)9-11(12)14/h2-9H2,1H3. The van der Waals surface area contributed by atoms with Gasteiger partial charge in [0, 0.05) is 26.1 Å². The molecule has 0 N–H and O–H groups in total. The van der Waals surface area contributed by atoms with Gasteiger partial charge in [-0.05, 0) is 6.42 Å². The summed E-state index contributed by atoms with van der Waals surface area (Å²) >= 11 is 0. The van der Waals surface area contributed by atoms with Crippen LogP contribution in [0.4, 0.5) is 0 Å². The number of unbranched alkanes of at least 4 members (excludes halogenated alkanes) is 1. The van der Waals surface area contributed by atoms with Crippen LogP contribution in [-0.2, 0) is 14.3 Å². The van der Waals surface area contributed by atoms with Crippen molar-refractivity contribution in [2.75, 3.05) is 26.3 Å². The lowest BCUT2D eigenvalue weighted by Gasteiger charge is -2.25. The van der Waals surface area contributed by atoms with Crippen molar-refractivity contribution in [3.63, 3.8) is 0 Å². The molecule has 1 amide bonds. The van der Waals surface area contributed by atoms with E-state index in [4.69, 9.17) is 4.74 Å². The number of nitrogens with zero attached hydrogens (tertiary/aromatic N) is 1.